The number of rotatable bonds is 6. The molecule has 9 aromatic carbocycles. The van der Waals surface area contributed by atoms with Crippen LogP contribution in [-0.2, 0) is 0 Å². The predicted molar refractivity (Wildman–Crippen MR) is 261 cm³/mol. The Morgan fingerprint density at radius 3 is 1.40 bits per heavy atom. The second-order valence-electron chi connectivity index (χ2n) is 16.2. The molecule has 0 fully saturated rings. The van der Waals surface area contributed by atoms with Crippen molar-refractivity contribution >= 4 is 65.4 Å². The number of fused-ring (bicyclic) bond motifs is 10. The first-order valence-corrected chi connectivity index (χ1v) is 21.4. The lowest BCUT2D eigenvalue weighted by Gasteiger charge is -2.14. The summed E-state index contributed by atoms with van der Waals surface area (Å²) in [6, 6.07) is 80.2. The normalized spacial score (nSPS) is 11.8. The minimum absolute atomic E-state index is 0.675. The van der Waals surface area contributed by atoms with Crippen molar-refractivity contribution in [1.29, 1.82) is 0 Å². The van der Waals surface area contributed by atoms with Crippen LogP contribution in [0, 0.1) is 0 Å². The first kappa shape index (κ1) is 35.2. The van der Waals surface area contributed by atoms with Gasteiger partial charge in [-0.05, 0) is 59.7 Å². The van der Waals surface area contributed by atoms with Gasteiger partial charge in [0.2, 0.25) is 0 Å². The maximum Gasteiger partial charge on any atom is 0.162 e. The number of hydrogen-bond donors (Lipinski definition) is 0. The summed E-state index contributed by atoms with van der Waals surface area (Å²) >= 11 is 0. The standard InChI is InChI=1S/C58H37N5/c1-4-16-38(17-5-1)39-28-30-40(31-29-39)50-37-55(60-58(59-50)41-18-6-2-7-19-41)63-53-27-15-11-23-45(53)48-34-33-47-44-22-10-14-26-52(44)62(56(47)57(48)63)43-32-35-54-49(36-43)46-24-12-13-25-51(46)61(54)42-20-8-3-9-21-42/h1-37H. The van der Waals surface area contributed by atoms with E-state index in [4.69, 9.17) is 9.97 Å². The van der Waals surface area contributed by atoms with E-state index in [9.17, 15) is 0 Å². The van der Waals surface area contributed by atoms with E-state index in [0.717, 1.165) is 67.0 Å². The maximum absolute atomic E-state index is 5.45. The van der Waals surface area contributed by atoms with Crippen molar-refractivity contribution in [3.05, 3.63) is 224 Å². The summed E-state index contributed by atoms with van der Waals surface area (Å²) in [4.78, 5) is 10.7. The molecule has 0 amide bonds. The van der Waals surface area contributed by atoms with Crippen molar-refractivity contribution in [2.75, 3.05) is 0 Å². The van der Waals surface area contributed by atoms with Crippen molar-refractivity contribution in [1.82, 2.24) is 23.7 Å². The number of aromatic nitrogens is 5. The van der Waals surface area contributed by atoms with Gasteiger partial charge in [-0.3, -0.25) is 4.57 Å². The fourth-order valence-corrected chi connectivity index (χ4v) is 9.84. The monoisotopic (exact) mass is 803 g/mol. The average molecular weight is 804 g/mol. The van der Waals surface area contributed by atoms with Gasteiger partial charge in [0.1, 0.15) is 5.82 Å². The van der Waals surface area contributed by atoms with Crippen molar-refractivity contribution in [3.63, 3.8) is 0 Å². The molecule has 13 aromatic rings. The Balaban J connectivity index is 1.11. The Kier molecular flexibility index (Phi) is 7.84. The van der Waals surface area contributed by atoms with E-state index in [-0.39, 0.29) is 0 Å². The molecule has 5 nitrogen and oxygen atoms in total. The summed E-state index contributed by atoms with van der Waals surface area (Å²) in [5, 5.41) is 7.14. The maximum atomic E-state index is 5.45. The van der Waals surface area contributed by atoms with Gasteiger partial charge in [0.25, 0.3) is 0 Å². The van der Waals surface area contributed by atoms with Crippen LogP contribution in [-0.4, -0.2) is 23.7 Å². The van der Waals surface area contributed by atoms with Crippen LogP contribution < -0.4 is 0 Å². The fourth-order valence-electron chi connectivity index (χ4n) is 9.84. The summed E-state index contributed by atoms with van der Waals surface area (Å²) in [5.41, 5.74) is 14.3. The molecular formula is C58H37N5. The predicted octanol–water partition coefficient (Wildman–Crippen LogP) is 14.8. The highest BCUT2D eigenvalue weighted by Gasteiger charge is 2.23. The minimum atomic E-state index is 0.675. The van der Waals surface area contributed by atoms with Gasteiger partial charge < -0.3 is 9.13 Å². The van der Waals surface area contributed by atoms with Gasteiger partial charge in [-0.1, -0.05) is 170 Å². The zero-order valence-corrected chi connectivity index (χ0v) is 34.1. The van der Waals surface area contributed by atoms with Gasteiger partial charge in [-0.15, -0.1) is 0 Å². The fraction of sp³-hybridized carbons (Fsp3) is 0. The molecule has 0 bridgehead atoms. The molecule has 63 heavy (non-hydrogen) atoms. The lowest BCUT2D eigenvalue weighted by Crippen LogP contribution is -2.04. The Morgan fingerprint density at radius 2 is 0.746 bits per heavy atom. The Hall–Kier alpha value is -8.54. The summed E-state index contributed by atoms with van der Waals surface area (Å²) in [6.07, 6.45) is 0. The van der Waals surface area contributed by atoms with Crippen LogP contribution in [0.25, 0.3) is 116 Å². The van der Waals surface area contributed by atoms with Crippen LogP contribution in [0.2, 0.25) is 0 Å². The molecule has 0 saturated heterocycles. The molecular weight excluding hydrogens is 767 g/mol. The second kappa shape index (κ2) is 14.0. The lowest BCUT2D eigenvalue weighted by molar-refractivity contribution is 1.05. The van der Waals surface area contributed by atoms with Gasteiger partial charge in [0, 0.05) is 60.9 Å². The second-order valence-corrected chi connectivity index (χ2v) is 16.2. The summed E-state index contributed by atoms with van der Waals surface area (Å²) < 4.78 is 7.22. The molecule has 4 aromatic heterocycles. The summed E-state index contributed by atoms with van der Waals surface area (Å²) in [6.45, 7) is 0. The largest absolute Gasteiger partial charge is 0.309 e. The van der Waals surface area contributed by atoms with Gasteiger partial charge in [-0.2, -0.15) is 0 Å². The number of benzene rings is 9. The third kappa shape index (κ3) is 5.50. The van der Waals surface area contributed by atoms with E-state index < -0.39 is 0 Å². The molecule has 0 aliphatic carbocycles. The van der Waals surface area contributed by atoms with E-state index in [0.29, 0.717) is 5.82 Å². The highest BCUT2D eigenvalue weighted by Crippen LogP contribution is 2.43. The summed E-state index contributed by atoms with van der Waals surface area (Å²) in [7, 11) is 0. The smallest absolute Gasteiger partial charge is 0.162 e. The van der Waals surface area contributed by atoms with Gasteiger partial charge in [0.05, 0.1) is 38.8 Å². The first-order valence-electron chi connectivity index (χ1n) is 21.4. The molecule has 0 spiro atoms. The van der Waals surface area contributed by atoms with Gasteiger partial charge >= 0.3 is 0 Å². The minimum Gasteiger partial charge on any atom is -0.309 e. The highest BCUT2D eigenvalue weighted by molar-refractivity contribution is 6.24. The van der Waals surface area contributed by atoms with Gasteiger partial charge in [0.15, 0.2) is 5.82 Å². The summed E-state index contributed by atoms with van der Waals surface area (Å²) in [5.74, 6) is 1.48. The average Bonchev–Trinajstić information content (AvgIpc) is 4.00. The van der Waals surface area contributed by atoms with E-state index in [1.165, 1.54) is 43.5 Å². The van der Waals surface area contributed by atoms with E-state index >= 15 is 0 Å². The van der Waals surface area contributed by atoms with E-state index in [1.807, 2.05) is 6.07 Å². The van der Waals surface area contributed by atoms with Crippen LogP contribution in [0.15, 0.2) is 224 Å². The van der Waals surface area contributed by atoms with Crippen LogP contribution in [0.1, 0.15) is 0 Å². The lowest BCUT2D eigenvalue weighted by atomic mass is 10.0. The first-order chi connectivity index (χ1) is 31.3. The Bertz CT molecular complexity index is 3880. The van der Waals surface area contributed by atoms with Crippen molar-refractivity contribution < 1.29 is 0 Å². The zero-order chi connectivity index (χ0) is 41.4. The molecule has 0 aliphatic heterocycles. The molecule has 5 heteroatoms. The third-order valence-corrected chi connectivity index (χ3v) is 12.7. The molecule has 294 valence electrons. The topological polar surface area (TPSA) is 40.6 Å². The number of para-hydroxylation sites is 4. The molecule has 0 unspecified atom stereocenters. The number of hydrogen-bond acceptors (Lipinski definition) is 2. The molecule has 0 atom stereocenters. The third-order valence-electron chi connectivity index (χ3n) is 12.7. The Morgan fingerprint density at radius 1 is 0.270 bits per heavy atom. The molecule has 0 N–H and O–H groups in total. The van der Waals surface area contributed by atoms with E-state index in [1.54, 1.807) is 0 Å². The molecule has 13 rings (SSSR count). The molecule has 0 radical (unpaired) electrons. The van der Waals surface area contributed by atoms with Crippen molar-refractivity contribution in [2.45, 2.75) is 0 Å². The van der Waals surface area contributed by atoms with Crippen LogP contribution >= 0.6 is 0 Å². The molecule has 0 saturated carbocycles. The molecule has 0 aliphatic rings. The van der Waals surface area contributed by atoms with Gasteiger partial charge in [-0.25, -0.2) is 9.97 Å². The van der Waals surface area contributed by atoms with Crippen molar-refractivity contribution in [3.8, 4) is 51.0 Å². The number of nitrogens with zero attached hydrogens (tertiary/aromatic N) is 5. The Labute approximate surface area is 363 Å². The quantitative estimate of drug-likeness (QED) is 0.168. The van der Waals surface area contributed by atoms with Crippen LogP contribution in [0.4, 0.5) is 0 Å². The highest BCUT2D eigenvalue weighted by atomic mass is 15.1. The van der Waals surface area contributed by atoms with E-state index in [2.05, 4.69) is 232 Å². The van der Waals surface area contributed by atoms with Crippen LogP contribution in [0.5, 0.6) is 0 Å². The molecule has 4 heterocycles. The van der Waals surface area contributed by atoms with Crippen LogP contribution in [0.3, 0.4) is 0 Å². The van der Waals surface area contributed by atoms with Crippen molar-refractivity contribution in [2.24, 2.45) is 0 Å². The SMILES string of the molecule is c1ccc(-c2ccc(-c3cc(-n4c5ccccc5c5ccc6c7ccccc7n(-c7ccc8c(c7)c7ccccc7n8-c7ccccc7)c6c54)nc(-c4ccccc4)n3)cc2)cc1. The zero-order valence-electron chi connectivity index (χ0n) is 34.1.